The van der Waals surface area contributed by atoms with Gasteiger partial charge in [0.1, 0.15) is 5.75 Å². The molecule has 0 aromatic heterocycles. The number of piperidine rings is 1. The average molecular weight is 357 g/mol. The Morgan fingerprint density at radius 2 is 2.00 bits per heavy atom. The summed E-state index contributed by atoms with van der Waals surface area (Å²) in [6.07, 6.45) is 7.59. The minimum Gasteiger partial charge on any atom is -0.508 e. The van der Waals surface area contributed by atoms with Crippen LogP contribution in [0.3, 0.4) is 0 Å². The molecular weight excluding hydrogens is 324 g/mol. The molecule has 1 aliphatic heterocycles. The molecule has 0 radical (unpaired) electrons. The summed E-state index contributed by atoms with van der Waals surface area (Å²) < 4.78 is 0. The molecule has 1 aromatic carbocycles. The van der Waals surface area contributed by atoms with Crippen molar-refractivity contribution in [3.63, 3.8) is 0 Å². The van der Waals surface area contributed by atoms with Crippen LogP contribution in [0.2, 0.25) is 0 Å². The molecule has 1 heterocycles. The molecule has 0 spiro atoms. The third-order valence-electron chi connectivity index (χ3n) is 8.03. The third kappa shape index (κ3) is 2.31. The van der Waals surface area contributed by atoms with E-state index in [4.69, 9.17) is 0 Å². The lowest BCUT2D eigenvalue weighted by atomic mass is 9.48. The second kappa shape index (κ2) is 5.70. The van der Waals surface area contributed by atoms with E-state index in [1.54, 1.807) is 0 Å². The van der Waals surface area contributed by atoms with Crippen LogP contribution in [0.5, 0.6) is 5.75 Å². The molecule has 2 bridgehead atoms. The third-order valence-corrected chi connectivity index (χ3v) is 8.03. The molecule has 0 unspecified atom stereocenters. The average Bonchev–Trinajstić information content (AvgIpc) is 3.41. The summed E-state index contributed by atoms with van der Waals surface area (Å²) in [7, 11) is 4.33. The molecule has 0 amide bonds. The Labute approximate surface area is 156 Å². The number of aromatic hydroxyl groups is 1. The van der Waals surface area contributed by atoms with E-state index in [1.165, 1.54) is 24.0 Å². The zero-order valence-corrected chi connectivity index (χ0v) is 16.1. The number of rotatable bonds is 3. The zero-order valence-electron chi connectivity index (χ0n) is 16.1. The fraction of sp³-hybridized carbons (Fsp3) is 0.727. The molecule has 4 atom stereocenters. The van der Waals surface area contributed by atoms with E-state index in [2.05, 4.69) is 30.0 Å². The molecule has 26 heavy (non-hydrogen) atoms. The van der Waals surface area contributed by atoms with E-state index in [9.17, 15) is 10.2 Å². The van der Waals surface area contributed by atoms with Crippen LogP contribution in [0.4, 0.5) is 0 Å². The lowest BCUT2D eigenvalue weighted by Crippen LogP contribution is -2.74. The minimum absolute atomic E-state index is 0.211. The Bertz CT molecular complexity index is 716. The van der Waals surface area contributed by atoms with Crippen molar-refractivity contribution in [1.29, 1.82) is 0 Å². The van der Waals surface area contributed by atoms with Crippen molar-refractivity contribution >= 4 is 0 Å². The maximum atomic E-state index is 12.2. The monoisotopic (exact) mass is 356 g/mol. The van der Waals surface area contributed by atoms with E-state index >= 15 is 0 Å². The molecule has 3 aliphatic carbocycles. The van der Waals surface area contributed by atoms with Crippen molar-refractivity contribution in [2.75, 3.05) is 27.2 Å². The van der Waals surface area contributed by atoms with Crippen LogP contribution in [0, 0.1) is 5.92 Å². The maximum absolute atomic E-state index is 12.2. The molecule has 4 nitrogen and oxygen atoms in total. The van der Waals surface area contributed by atoms with Crippen LogP contribution >= 0.6 is 0 Å². The highest BCUT2D eigenvalue weighted by Gasteiger charge is 2.64. The van der Waals surface area contributed by atoms with Crippen LogP contribution in [-0.2, 0) is 11.8 Å². The Balaban J connectivity index is 1.62. The zero-order chi connectivity index (χ0) is 18.1. The molecule has 1 saturated heterocycles. The number of likely N-dealkylation sites (tertiary alicyclic amines) is 1. The van der Waals surface area contributed by atoms with Gasteiger partial charge in [0, 0.05) is 24.0 Å². The van der Waals surface area contributed by atoms with Crippen molar-refractivity contribution < 1.29 is 10.2 Å². The lowest BCUT2D eigenvalue weighted by molar-refractivity contribution is -0.175. The van der Waals surface area contributed by atoms with Gasteiger partial charge in [-0.1, -0.05) is 6.07 Å². The summed E-state index contributed by atoms with van der Waals surface area (Å²) >= 11 is 0. The van der Waals surface area contributed by atoms with Gasteiger partial charge in [-0.15, -0.1) is 0 Å². The maximum Gasteiger partial charge on any atom is 0.115 e. The molecule has 5 rings (SSSR count). The molecule has 2 saturated carbocycles. The molecule has 1 aromatic rings. The van der Waals surface area contributed by atoms with E-state index in [-0.39, 0.29) is 11.5 Å². The number of hydrogen-bond donors (Lipinski definition) is 2. The summed E-state index contributed by atoms with van der Waals surface area (Å²) in [5.41, 5.74) is 1.70. The molecule has 4 aliphatic rings. The van der Waals surface area contributed by atoms with Crippen molar-refractivity contribution in [2.45, 2.75) is 68.0 Å². The Hall–Kier alpha value is -1.10. The normalized spacial score (nSPS) is 39.5. The fourth-order valence-electron chi connectivity index (χ4n) is 6.37. The number of benzene rings is 1. The summed E-state index contributed by atoms with van der Waals surface area (Å²) in [6.45, 7) is 2.24. The number of phenols is 1. The number of nitrogens with zero attached hydrogens (tertiary/aromatic N) is 2. The van der Waals surface area contributed by atoms with Gasteiger partial charge < -0.3 is 15.1 Å². The van der Waals surface area contributed by atoms with E-state index in [0.717, 1.165) is 51.1 Å². The molecule has 2 N–H and O–H groups in total. The number of hydrogen-bond acceptors (Lipinski definition) is 4. The minimum atomic E-state index is -0.659. The van der Waals surface area contributed by atoms with Gasteiger partial charge in [-0.25, -0.2) is 0 Å². The van der Waals surface area contributed by atoms with Crippen LogP contribution in [-0.4, -0.2) is 64.9 Å². The fourth-order valence-corrected chi connectivity index (χ4v) is 6.37. The summed E-state index contributed by atoms with van der Waals surface area (Å²) in [4.78, 5) is 4.94. The Morgan fingerprint density at radius 3 is 2.73 bits per heavy atom. The van der Waals surface area contributed by atoms with E-state index in [1.807, 2.05) is 12.1 Å². The van der Waals surface area contributed by atoms with Crippen LogP contribution in [0.15, 0.2) is 18.2 Å². The second-order valence-corrected chi connectivity index (χ2v) is 9.62. The van der Waals surface area contributed by atoms with Gasteiger partial charge in [0.15, 0.2) is 0 Å². The second-order valence-electron chi connectivity index (χ2n) is 9.62. The standard InChI is InChI=1S/C22H32N2O2/c1-23(2)17-7-8-22(26)20-11-16-5-6-18(25)12-19(16)21(22,13-17)9-10-24(20)14-15-3-4-15/h5-6,12,15,17,20,25-26H,3-4,7-11,13-14H2,1-2H3/t17-,20+,21+,22+/m0/s1. The van der Waals surface area contributed by atoms with Gasteiger partial charge in [-0.05, 0) is 94.8 Å². The summed E-state index contributed by atoms with van der Waals surface area (Å²) in [6, 6.07) is 6.63. The highest BCUT2D eigenvalue weighted by Crippen LogP contribution is 2.59. The topological polar surface area (TPSA) is 46.9 Å². The quantitative estimate of drug-likeness (QED) is 0.874. The first-order valence-corrected chi connectivity index (χ1v) is 10.4. The Kier molecular flexibility index (Phi) is 3.73. The van der Waals surface area contributed by atoms with Gasteiger partial charge in [0.05, 0.1) is 5.60 Å². The summed E-state index contributed by atoms with van der Waals surface area (Å²) in [5.74, 6) is 1.19. The van der Waals surface area contributed by atoms with Gasteiger partial charge >= 0.3 is 0 Å². The van der Waals surface area contributed by atoms with Crippen molar-refractivity contribution in [2.24, 2.45) is 5.92 Å². The van der Waals surface area contributed by atoms with Gasteiger partial charge in [0.25, 0.3) is 0 Å². The smallest absolute Gasteiger partial charge is 0.115 e. The van der Waals surface area contributed by atoms with Crippen molar-refractivity contribution in [1.82, 2.24) is 9.80 Å². The van der Waals surface area contributed by atoms with Gasteiger partial charge in [0.2, 0.25) is 0 Å². The van der Waals surface area contributed by atoms with Crippen molar-refractivity contribution in [3.05, 3.63) is 29.3 Å². The molecule has 142 valence electrons. The highest BCUT2D eigenvalue weighted by atomic mass is 16.3. The summed E-state index contributed by atoms with van der Waals surface area (Å²) in [5, 5.41) is 22.4. The Morgan fingerprint density at radius 1 is 1.19 bits per heavy atom. The van der Waals surface area contributed by atoms with Crippen LogP contribution < -0.4 is 0 Å². The largest absolute Gasteiger partial charge is 0.508 e. The highest BCUT2D eigenvalue weighted by molar-refractivity contribution is 5.48. The van der Waals surface area contributed by atoms with Crippen LogP contribution in [0.25, 0.3) is 0 Å². The van der Waals surface area contributed by atoms with Gasteiger partial charge in [-0.2, -0.15) is 0 Å². The van der Waals surface area contributed by atoms with E-state index in [0.29, 0.717) is 11.8 Å². The van der Waals surface area contributed by atoms with Crippen LogP contribution in [0.1, 0.15) is 49.7 Å². The SMILES string of the molecule is CN(C)[C@H]1CC[C@@]2(O)[C@H]3Cc4ccc(O)cc4[C@@]2(CCN3CC2CC2)C1. The molecular formula is C22H32N2O2. The van der Waals surface area contributed by atoms with E-state index < -0.39 is 5.60 Å². The first kappa shape index (κ1) is 17.0. The predicted molar refractivity (Wildman–Crippen MR) is 102 cm³/mol. The molecule has 3 fully saturated rings. The van der Waals surface area contributed by atoms with Gasteiger partial charge in [-0.3, -0.25) is 4.90 Å². The predicted octanol–water partition coefficient (Wildman–Crippen LogP) is 2.52. The van der Waals surface area contributed by atoms with Crippen molar-refractivity contribution in [3.8, 4) is 5.75 Å². The first-order valence-electron chi connectivity index (χ1n) is 10.4. The molecule has 4 heteroatoms. The lowest BCUT2D eigenvalue weighted by Gasteiger charge is -2.65. The number of fused-ring (bicyclic) bond motifs is 1. The number of aliphatic hydroxyl groups is 1. The first-order chi connectivity index (χ1) is 12.4. The number of phenolic OH excluding ortho intramolecular Hbond substituents is 1.